The summed E-state index contributed by atoms with van der Waals surface area (Å²) >= 11 is 1.65. The number of carbonyl (C=O) groups is 1. The Kier molecular flexibility index (Phi) is 3.53. The van der Waals surface area contributed by atoms with Gasteiger partial charge in [0.1, 0.15) is 6.33 Å². The Morgan fingerprint density at radius 3 is 2.67 bits per heavy atom. The molecule has 0 unspecified atom stereocenters. The van der Waals surface area contributed by atoms with E-state index in [0.29, 0.717) is 0 Å². The van der Waals surface area contributed by atoms with Gasteiger partial charge in [0.2, 0.25) is 0 Å². The number of hydrogen-bond donors (Lipinski definition) is 1. The van der Waals surface area contributed by atoms with Crippen LogP contribution < -0.4 is 5.01 Å². The topological polar surface area (TPSA) is 58.4 Å². The maximum Gasteiger partial charge on any atom is 0.426 e. The van der Waals surface area contributed by atoms with Crippen molar-refractivity contribution in [1.29, 1.82) is 0 Å². The molecule has 0 spiro atoms. The second kappa shape index (κ2) is 5.49. The molecule has 1 heterocycles. The van der Waals surface area contributed by atoms with Crippen molar-refractivity contribution in [1.82, 2.24) is 9.66 Å². The minimum atomic E-state index is -1.03. The van der Waals surface area contributed by atoms with Gasteiger partial charge in [0.15, 0.2) is 0 Å². The van der Waals surface area contributed by atoms with Crippen molar-refractivity contribution >= 4 is 28.9 Å². The third-order valence-electron chi connectivity index (χ3n) is 3.08. The molecule has 3 aromatic rings. The Hall–Kier alpha value is -2.47. The fourth-order valence-corrected chi connectivity index (χ4v) is 2.87. The first-order chi connectivity index (χ1) is 10.1. The fraction of sp³-hybridized carbons (Fsp3) is 0.0667. The second-order valence-corrected chi connectivity index (χ2v) is 5.61. The highest BCUT2D eigenvalue weighted by Crippen LogP contribution is 2.29. The van der Waals surface area contributed by atoms with Crippen LogP contribution in [0, 0.1) is 0 Å². The molecule has 0 aliphatic heterocycles. The SMILES string of the molecule is CN(C(=O)O)n1cnc2cc(Sc3ccccc3)ccc21. The van der Waals surface area contributed by atoms with Crippen LogP contribution >= 0.6 is 11.8 Å². The quantitative estimate of drug-likeness (QED) is 0.805. The summed E-state index contributed by atoms with van der Waals surface area (Å²) in [6.45, 7) is 0. The summed E-state index contributed by atoms with van der Waals surface area (Å²) in [6, 6.07) is 15.9. The van der Waals surface area contributed by atoms with Gasteiger partial charge in [-0.1, -0.05) is 30.0 Å². The van der Waals surface area contributed by atoms with Crippen molar-refractivity contribution in [2.75, 3.05) is 12.1 Å². The van der Waals surface area contributed by atoms with Crippen LogP contribution in [0.3, 0.4) is 0 Å². The van der Waals surface area contributed by atoms with Gasteiger partial charge in [0.05, 0.1) is 11.0 Å². The maximum absolute atomic E-state index is 11.0. The molecule has 0 bridgehead atoms. The van der Waals surface area contributed by atoms with Gasteiger partial charge in [-0.3, -0.25) is 0 Å². The average Bonchev–Trinajstić information content (AvgIpc) is 2.90. The number of imidazole rings is 1. The summed E-state index contributed by atoms with van der Waals surface area (Å²) in [5.74, 6) is 0. The molecule has 0 saturated carbocycles. The molecule has 5 nitrogen and oxygen atoms in total. The Balaban J connectivity index is 1.93. The molecule has 0 aliphatic carbocycles. The Morgan fingerprint density at radius 1 is 1.19 bits per heavy atom. The zero-order valence-electron chi connectivity index (χ0n) is 11.3. The average molecular weight is 299 g/mol. The number of fused-ring (bicyclic) bond motifs is 1. The highest BCUT2D eigenvalue weighted by atomic mass is 32.2. The molecule has 6 heteroatoms. The largest absolute Gasteiger partial charge is 0.464 e. The predicted octanol–water partition coefficient (Wildman–Crippen LogP) is 3.43. The molecule has 21 heavy (non-hydrogen) atoms. The van der Waals surface area contributed by atoms with E-state index in [9.17, 15) is 4.79 Å². The first kappa shape index (κ1) is 13.5. The van der Waals surface area contributed by atoms with Crippen LogP contribution in [-0.4, -0.2) is 27.9 Å². The van der Waals surface area contributed by atoms with Gasteiger partial charge in [0.25, 0.3) is 0 Å². The van der Waals surface area contributed by atoms with Crippen molar-refractivity contribution in [3.05, 3.63) is 54.9 Å². The number of hydrogen-bond acceptors (Lipinski definition) is 3. The van der Waals surface area contributed by atoms with E-state index in [0.717, 1.165) is 25.8 Å². The molecule has 2 aromatic carbocycles. The number of aromatic nitrogens is 2. The lowest BCUT2D eigenvalue weighted by Crippen LogP contribution is -2.34. The first-order valence-electron chi connectivity index (χ1n) is 6.32. The fourth-order valence-electron chi connectivity index (χ4n) is 2.00. The molecule has 0 saturated heterocycles. The molecule has 0 aliphatic rings. The van der Waals surface area contributed by atoms with Crippen LogP contribution in [0.15, 0.2) is 64.6 Å². The molecule has 3 rings (SSSR count). The minimum absolute atomic E-state index is 0.761. The summed E-state index contributed by atoms with van der Waals surface area (Å²) in [6.07, 6.45) is 0.479. The molecule has 1 amide bonds. The molecular weight excluding hydrogens is 286 g/mol. The van der Waals surface area contributed by atoms with Gasteiger partial charge >= 0.3 is 6.09 Å². The van der Waals surface area contributed by atoms with E-state index in [-0.39, 0.29) is 0 Å². The van der Waals surface area contributed by atoms with Crippen molar-refractivity contribution in [2.45, 2.75) is 9.79 Å². The molecular formula is C15H13N3O2S. The number of amides is 1. The van der Waals surface area contributed by atoms with E-state index in [1.54, 1.807) is 11.8 Å². The summed E-state index contributed by atoms with van der Waals surface area (Å²) in [4.78, 5) is 17.5. The Morgan fingerprint density at radius 2 is 1.95 bits per heavy atom. The maximum atomic E-state index is 11.0. The summed E-state index contributed by atoms with van der Waals surface area (Å²) < 4.78 is 1.51. The first-order valence-corrected chi connectivity index (χ1v) is 7.14. The summed E-state index contributed by atoms with van der Waals surface area (Å²) in [7, 11) is 1.48. The highest BCUT2D eigenvalue weighted by Gasteiger charge is 2.12. The molecule has 106 valence electrons. The van der Waals surface area contributed by atoms with E-state index in [2.05, 4.69) is 4.98 Å². The normalized spacial score (nSPS) is 10.7. The van der Waals surface area contributed by atoms with Crippen molar-refractivity contribution in [2.24, 2.45) is 0 Å². The van der Waals surface area contributed by atoms with Crippen molar-refractivity contribution in [3.8, 4) is 0 Å². The van der Waals surface area contributed by atoms with E-state index >= 15 is 0 Å². The zero-order chi connectivity index (χ0) is 14.8. The van der Waals surface area contributed by atoms with Crippen LogP contribution in [0.5, 0.6) is 0 Å². The Bertz CT molecular complexity index is 786. The van der Waals surface area contributed by atoms with E-state index in [1.165, 1.54) is 18.1 Å². The third kappa shape index (κ3) is 2.71. The zero-order valence-corrected chi connectivity index (χ0v) is 12.1. The predicted molar refractivity (Wildman–Crippen MR) is 82.5 cm³/mol. The van der Waals surface area contributed by atoms with Crippen LogP contribution in [0.4, 0.5) is 4.79 Å². The van der Waals surface area contributed by atoms with Crippen molar-refractivity contribution < 1.29 is 9.90 Å². The molecule has 1 aromatic heterocycles. The standard InChI is InChI=1S/C15H13N3O2S/c1-17(15(19)20)18-10-16-13-9-12(7-8-14(13)18)21-11-5-3-2-4-6-11/h2-10H,1H3,(H,19,20). The van der Waals surface area contributed by atoms with Gasteiger partial charge < -0.3 is 5.11 Å². The van der Waals surface area contributed by atoms with Crippen LogP contribution in [-0.2, 0) is 0 Å². The molecule has 0 atom stereocenters. The third-order valence-corrected chi connectivity index (χ3v) is 4.08. The van der Waals surface area contributed by atoms with Crippen LogP contribution in [0.25, 0.3) is 11.0 Å². The summed E-state index contributed by atoms with van der Waals surface area (Å²) in [5.41, 5.74) is 1.53. The Labute approximate surface area is 125 Å². The lowest BCUT2D eigenvalue weighted by atomic mass is 10.3. The van der Waals surface area contributed by atoms with E-state index < -0.39 is 6.09 Å². The van der Waals surface area contributed by atoms with Gasteiger partial charge in [-0.15, -0.1) is 0 Å². The van der Waals surface area contributed by atoms with Gasteiger partial charge in [-0.05, 0) is 30.3 Å². The number of benzene rings is 2. The van der Waals surface area contributed by atoms with Gasteiger partial charge in [-0.25, -0.2) is 19.5 Å². The van der Waals surface area contributed by atoms with E-state index in [4.69, 9.17) is 5.11 Å². The van der Waals surface area contributed by atoms with Crippen LogP contribution in [0.1, 0.15) is 0 Å². The summed E-state index contributed by atoms with van der Waals surface area (Å²) in [5, 5.41) is 10.1. The smallest absolute Gasteiger partial charge is 0.426 e. The molecule has 0 radical (unpaired) electrons. The van der Waals surface area contributed by atoms with Crippen molar-refractivity contribution in [3.63, 3.8) is 0 Å². The van der Waals surface area contributed by atoms with Crippen LogP contribution in [0.2, 0.25) is 0 Å². The van der Waals surface area contributed by atoms with Gasteiger partial charge in [0, 0.05) is 16.8 Å². The number of rotatable bonds is 3. The van der Waals surface area contributed by atoms with E-state index in [1.807, 2.05) is 48.5 Å². The lowest BCUT2D eigenvalue weighted by molar-refractivity contribution is 0.197. The highest BCUT2D eigenvalue weighted by molar-refractivity contribution is 7.99. The minimum Gasteiger partial charge on any atom is -0.464 e. The molecule has 0 fully saturated rings. The number of nitrogens with zero attached hydrogens (tertiary/aromatic N) is 3. The number of carboxylic acid groups (broad SMARTS) is 1. The second-order valence-electron chi connectivity index (χ2n) is 4.46. The monoisotopic (exact) mass is 299 g/mol. The lowest BCUT2D eigenvalue weighted by Gasteiger charge is -2.14. The van der Waals surface area contributed by atoms with Gasteiger partial charge in [-0.2, -0.15) is 0 Å². The molecule has 1 N–H and O–H groups in total.